The molecule has 1 aliphatic rings. The zero-order valence-electron chi connectivity index (χ0n) is 24.9. The van der Waals surface area contributed by atoms with Gasteiger partial charge in [0, 0.05) is 12.2 Å². The molecule has 0 radical (unpaired) electrons. The van der Waals surface area contributed by atoms with Crippen molar-refractivity contribution in [1.82, 2.24) is 15.6 Å². The van der Waals surface area contributed by atoms with Crippen LogP contribution in [0.25, 0.3) is 0 Å². The number of pyridine rings is 1. The van der Waals surface area contributed by atoms with Gasteiger partial charge in [-0.1, -0.05) is 26.8 Å². The van der Waals surface area contributed by atoms with E-state index in [1.165, 1.54) is 11.1 Å². The fourth-order valence-electron chi connectivity index (χ4n) is 4.38. The molecule has 42 heavy (non-hydrogen) atoms. The van der Waals surface area contributed by atoms with Gasteiger partial charge in [-0.2, -0.15) is 5.26 Å². The number of aliphatic imine (C=N–C) groups is 1. The number of amides is 2. The second-order valence-corrected chi connectivity index (χ2v) is 10.00. The van der Waals surface area contributed by atoms with Crippen LogP contribution in [0.2, 0.25) is 0 Å². The second kappa shape index (κ2) is 17.5. The molecule has 8 nitrogen and oxygen atoms in total. The van der Waals surface area contributed by atoms with Crippen molar-refractivity contribution >= 4 is 17.4 Å². The molecule has 0 saturated heterocycles. The van der Waals surface area contributed by atoms with Crippen molar-refractivity contribution in [1.29, 1.82) is 5.26 Å². The number of aromatic nitrogens is 1. The summed E-state index contributed by atoms with van der Waals surface area (Å²) >= 11 is 0. The van der Waals surface area contributed by atoms with Crippen molar-refractivity contribution in [2.75, 3.05) is 11.6 Å². The van der Waals surface area contributed by atoms with Gasteiger partial charge in [0.15, 0.2) is 0 Å². The summed E-state index contributed by atoms with van der Waals surface area (Å²) in [5.74, 6) is 0.490. The quantitative estimate of drug-likeness (QED) is 0.146. The summed E-state index contributed by atoms with van der Waals surface area (Å²) < 4.78 is 26.1. The first-order chi connectivity index (χ1) is 20.2. The Bertz CT molecular complexity index is 1320. The number of nitrogens with zero attached hydrogens (tertiary/aromatic N) is 4. The van der Waals surface area contributed by atoms with Crippen molar-refractivity contribution < 1.29 is 13.6 Å². The first-order valence-corrected chi connectivity index (χ1v) is 14.0. The van der Waals surface area contributed by atoms with E-state index >= 15 is 0 Å². The number of rotatable bonds is 12. The van der Waals surface area contributed by atoms with Crippen molar-refractivity contribution in [2.45, 2.75) is 66.0 Å². The van der Waals surface area contributed by atoms with Crippen LogP contribution in [0.5, 0.6) is 0 Å². The summed E-state index contributed by atoms with van der Waals surface area (Å²) in [6.07, 6.45) is 13.0. The topological polar surface area (TPSA) is 119 Å². The van der Waals surface area contributed by atoms with Crippen LogP contribution in [0, 0.1) is 17.2 Å². The van der Waals surface area contributed by atoms with Gasteiger partial charge in [0.2, 0.25) is 0 Å². The second-order valence-electron chi connectivity index (χ2n) is 10.00. The first kappa shape index (κ1) is 33.8. The summed E-state index contributed by atoms with van der Waals surface area (Å²) in [6.45, 7) is 10.2. The summed E-state index contributed by atoms with van der Waals surface area (Å²) in [4.78, 5) is 23.7. The maximum absolute atomic E-state index is 13.4. The van der Waals surface area contributed by atoms with Gasteiger partial charge in [-0.3, -0.25) is 20.2 Å². The van der Waals surface area contributed by atoms with Gasteiger partial charge in [0.25, 0.3) is 0 Å². The fraction of sp³-hybridized carbons (Fsp3) is 0.375. The van der Waals surface area contributed by atoms with E-state index in [2.05, 4.69) is 49.4 Å². The highest BCUT2D eigenvalue weighted by molar-refractivity contribution is 6.10. The molecule has 1 heterocycles. The van der Waals surface area contributed by atoms with E-state index in [4.69, 9.17) is 10.7 Å². The Balaban J connectivity index is 2.57. The standard InChI is InChI=1S/C32H41F2N7O/c1-6-23(5)38-29-18-28(22(3)4)30(17-24(29)7-2)39-31(11-10-25(12-14-33)26(19-35)13-15-34)40-32(42)41(21-36)27-9-8-16-37-20-27/h7-9,11-16,18,20,22-23,30,39H,6,10,17,21,36H2,1-5H3,(H,40,42)/b14-12+,15-13+,24-7-,26-25+,31-11-,38-29?. The highest BCUT2D eigenvalue weighted by atomic mass is 19.1. The average molecular weight is 578 g/mol. The van der Waals surface area contributed by atoms with E-state index in [-0.39, 0.29) is 54.9 Å². The van der Waals surface area contributed by atoms with Crippen molar-refractivity contribution in [3.05, 3.63) is 95.7 Å². The smallest absolute Gasteiger partial charge is 0.328 e. The molecule has 0 bridgehead atoms. The van der Waals surface area contributed by atoms with Crippen LogP contribution in [-0.4, -0.2) is 35.5 Å². The maximum atomic E-state index is 13.4. The third kappa shape index (κ3) is 9.63. The molecular formula is C32H41F2N7O. The van der Waals surface area contributed by atoms with Gasteiger partial charge in [-0.05, 0) is 92.2 Å². The number of anilines is 1. The van der Waals surface area contributed by atoms with Crippen molar-refractivity contribution in [3.8, 4) is 6.07 Å². The molecule has 2 unspecified atom stereocenters. The molecule has 224 valence electrons. The van der Waals surface area contributed by atoms with E-state index in [0.717, 1.165) is 35.4 Å². The molecule has 2 atom stereocenters. The lowest BCUT2D eigenvalue weighted by Crippen LogP contribution is -2.47. The average Bonchev–Trinajstić information content (AvgIpc) is 2.99. The van der Waals surface area contributed by atoms with Gasteiger partial charge in [-0.25, -0.2) is 13.6 Å². The van der Waals surface area contributed by atoms with E-state index in [9.17, 15) is 18.8 Å². The minimum atomic E-state index is -0.517. The molecule has 0 fully saturated rings. The van der Waals surface area contributed by atoms with E-state index < -0.39 is 6.03 Å². The van der Waals surface area contributed by atoms with Gasteiger partial charge < -0.3 is 11.1 Å². The van der Waals surface area contributed by atoms with Crippen LogP contribution in [0.3, 0.4) is 0 Å². The minimum Gasteiger partial charge on any atom is -0.365 e. The SMILES string of the molecule is C/C=C1/CC(N/C(=C/CC(/C=C/F)=C(C#N)/C=C/F)NC(=O)N(CN)c2cccnc2)C(C(C)C)=CC1=NC(C)CC. The molecule has 0 aliphatic heterocycles. The van der Waals surface area contributed by atoms with Gasteiger partial charge in [-0.15, -0.1) is 0 Å². The molecule has 0 saturated carbocycles. The van der Waals surface area contributed by atoms with E-state index in [1.54, 1.807) is 24.4 Å². The Labute approximate surface area is 247 Å². The minimum absolute atomic E-state index is 0.0242. The summed E-state index contributed by atoms with van der Waals surface area (Å²) in [7, 11) is 0. The molecule has 10 heteroatoms. The number of hydrogen-bond donors (Lipinski definition) is 3. The largest absolute Gasteiger partial charge is 0.365 e. The molecule has 4 N–H and O–H groups in total. The van der Waals surface area contributed by atoms with Gasteiger partial charge >= 0.3 is 6.03 Å². The van der Waals surface area contributed by atoms with Crippen molar-refractivity contribution in [3.63, 3.8) is 0 Å². The zero-order valence-corrected chi connectivity index (χ0v) is 24.9. The molecule has 2 rings (SSSR count). The van der Waals surface area contributed by atoms with Crippen LogP contribution in [0.4, 0.5) is 19.3 Å². The predicted molar refractivity (Wildman–Crippen MR) is 166 cm³/mol. The Morgan fingerprint density at radius 3 is 2.60 bits per heavy atom. The number of urea groups is 1. The summed E-state index contributed by atoms with van der Waals surface area (Å²) in [5.41, 5.74) is 9.71. The lowest BCUT2D eigenvalue weighted by Gasteiger charge is -2.32. The Hall–Kier alpha value is -4.36. The van der Waals surface area contributed by atoms with E-state index in [0.29, 0.717) is 17.9 Å². The number of nitrogens with one attached hydrogen (secondary N) is 2. The third-order valence-corrected chi connectivity index (χ3v) is 6.87. The van der Waals surface area contributed by atoms with Crippen LogP contribution < -0.4 is 21.3 Å². The van der Waals surface area contributed by atoms with Gasteiger partial charge in [0.05, 0.1) is 54.6 Å². The third-order valence-electron chi connectivity index (χ3n) is 6.87. The molecule has 2 amide bonds. The first-order valence-electron chi connectivity index (χ1n) is 14.0. The van der Waals surface area contributed by atoms with Crippen LogP contribution in [0.1, 0.15) is 53.9 Å². The highest BCUT2D eigenvalue weighted by Gasteiger charge is 2.27. The van der Waals surface area contributed by atoms with Crippen LogP contribution in [0.15, 0.2) is 101 Å². The monoisotopic (exact) mass is 577 g/mol. The fourth-order valence-corrected chi connectivity index (χ4v) is 4.38. The predicted octanol–water partition coefficient (Wildman–Crippen LogP) is 6.66. The maximum Gasteiger partial charge on any atom is 0.328 e. The number of hydrogen-bond acceptors (Lipinski definition) is 6. The number of carbonyl (C=O) groups is 1. The molecule has 0 aromatic carbocycles. The zero-order chi connectivity index (χ0) is 31.1. The Morgan fingerprint density at radius 1 is 1.31 bits per heavy atom. The van der Waals surface area contributed by atoms with Gasteiger partial charge in [0.1, 0.15) is 5.82 Å². The molecule has 1 aromatic rings. The Kier molecular flexibility index (Phi) is 14.1. The summed E-state index contributed by atoms with van der Waals surface area (Å²) in [5, 5.41) is 15.8. The normalized spacial score (nSPS) is 19.2. The van der Waals surface area contributed by atoms with Crippen LogP contribution >= 0.6 is 0 Å². The lowest BCUT2D eigenvalue weighted by atomic mass is 9.83. The Morgan fingerprint density at radius 2 is 2.05 bits per heavy atom. The highest BCUT2D eigenvalue weighted by Crippen LogP contribution is 2.28. The van der Waals surface area contributed by atoms with E-state index in [1.807, 2.05) is 19.1 Å². The van der Waals surface area contributed by atoms with Crippen molar-refractivity contribution in [2.24, 2.45) is 16.6 Å². The molecule has 1 aromatic heterocycles. The number of halogens is 2. The lowest BCUT2D eigenvalue weighted by molar-refractivity contribution is 0.248. The molecular weight excluding hydrogens is 536 g/mol. The molecule has 0 spiro atoms. The summed E-state index contributed by atoms with van der Waals surface area (Å²) in [6, 6.07) is 4.74. The molecule has 1 aliphatic carbocycles. The number of carbonyl (C=O) groups excluding carboxylic acids is 1. The number of allylic oxidation sites excluding steroid dienone is 7. The van der Waals surface area contributed by atoms with Crippen LogP contribution in [-0.2, 0) is 0 Å². The number of nitrogens with two attached hydrogens (primary N) is 1. The number of nitriles is 1.